The maximum absolute atomic E-state index is 5.65. The molecule has 0 spiro atoms. The Balaban J connectivity index is 2.50. The van der Waals surface area contributed by atoms with Crippen molar-refractivity contribution in [3.63, 3.8) is 0 Å². The summed E-state index contributed by atoms with van der Waals surface area (Å²) in [6, 6.07) is 0.352. The molecule has 1 rings (SSSR count). The van der Waals surface area contributed by atoms with Gasteiger partial charge in [-0.2, -0.15) is 0 Å². The topological polar surface area (TPSA) is 66.0 Å². The number of thioether (sulfide) groups is 1. The number of nitrogens with zero attached hydrogens (tertiary/aromatic N) is 3. The van der Waals surface area contributed by atoms with Gasteiger partial charge < -0.3 is 15.0 Å². The normalized spacial score (nSPS) is 11.4. The SMILES string of the molecule is COCCCCSc1nnc(CN)n1C(C)C. The highest BCUT2D eigenvalue weighted by Gasteiger charge is 2.13. The third-order valence-corrected chi connectivity index (χ3v) is 3.44. The Morgan fingerprint density at radius 1 is 1.35 bits per heavy atom. The zero-order chi connectivity index (χ0) is 12.7. The molecule has 1 aromatic rings. The zero-order valence-electron chi connectivity index (χ0n) is 10.8. The first-order valence-electron chi connectivity index (χ1n) is 5.96. The fourth-order valence-corrected chi connectivity index (χ4v) is 2.66. The summed E-state index contributed by atoms with van der Waals surface area (Å²) in [5.74, 6) is 1.90. The molecule has 0 bridgehead atoms. The summed E-state index contributed by atoms with van der Waals surface area (Å²) in [7, 11) is 1.73. The van der Waals surface area contributed by atoms with Gasteiger partial charge in [0, 0.05) is 25.5 Å². The van der Waals surface area contributed by atoms with Crippen LogP contribution in [0.5, 0.6) is 0 Å². The standard InChI is InChI=1S/C11H22N4OS/c1-9(2)15-10(8-12)13-14-11(15)17-7-5-4-6-16-3/h9H,4-8,12H2,1-3H3. The van der Waals surface area contributed by atoms with Crippen molar-refractivity contribution in [2.45, 2.75) is 44.4 Å². The minimum Gasteiger partial charge on any atom is -0.385 e. The number of aromatic nitrogens is 3. The molecule has 17 heavy (non-hydrogen) atoms. The summed E-state index contributed by atoms with van der Waals surface area (Å²) in [5.41, 5.74) is 5.65. The Hall–Kier alpha value is -0.590. The molecule has 5 nitrogen and oxygen atoms in total. The fraction of sp³-hybridized carbons (Fsp3) is 0.818. The van der Waals surface area contributed by atoms with Crippen molar-refractivity contribution in [2.75, 3.05) is 19.5 Å². The van der Waals surface area contributed by atoms with Gasteiger partial charge in [0.25, 0.3) is 0 Å². The average molecular weight is 258 g/mol. The molecular weight excluding hydrogens is 236 g/mol. The second-order valence-electron chi connectivity index (χ2n) is 4.12. The van der Waals surface area contributed by atoms with Crippen LogP contribution in [0.4, 0.5) is 0 Å². The highest BCUT2D eigenvalue weighted by molar-refractivity contribution is 7.99. The Morgan fingerprint density at radius 2 is 2.12 bits per heavy atom. The maximum atomic E-state index is 5.65. The summed E-state index contributed by atoms with van der Waals surface area (Å²) in [5, 5.41) is 9.27. The molecule has 0 aliphatic heterocycles. The van der Waals surface area contributed by atoms with Gasteiger partial charge in [-0.15, -0.1) is 10.2 Å². The van der Waals surface area contributed by atoms with E-state index < -0.39 is 0 Å². The summed E-state index contributed by atoms with van der Waals surface area (Å²) in [4.78, 5) is 0. The quantitative estimate of drug-likeness (QED) is 0.569. The van der Waals surface area contributed by atoms with Crippen molar-refractivity contribution in [3.8, 4) is 0 Å². The van der Waals surface area contributed by atoms with Crippen LogP contribution in [-0.2, 0) is 11.3 Å². The van der Waals surface area contributed by atoms with Crippen molar-refractivity contribution in [3.05, 3.63) is 5.82 Å². The molecule has 0 aliphatic rings. The van der Waals surface area contributed by atoms with Crippen molar-refractivity contribution in [2.24, 2.45) is 5.73 Å². The van der Waals surface area contributed by atoms with Crippen LogP contribution in [0.3, 0.4) is 0 Å². The first kappa shape index (κ1) is 14.5. The van der Waals surface area contributed by atoms with Gasteiger partial charge in [-0.05, 0) is 26.7 Å². The Labute approximate surface area is 107 Å². The van der Waals surface area contributed by atoms with Crippen LogP contribution in [0.15, 0.2) is 5.16 Å². The van der Waals surface area contributed by atoms with E-state index in [1.807, 2.05) is 0 Å². The number of methoxy groups -OCH3 is 1. The molecule has 1 aromatic heterocycles. The summed E-state index contributed by atoms with van der Waals surface area (Å²) in [6.45, 7) is 5.51. The van der Waals surface area contributed by atoms with Crippen LogP contribution in [0.2, 0.25) is 0 Å². The van der Waals surface area contributed by atoms with Crippen molar-refractivity contribution in [1.82, 2.24) is 14.8 Å². The van der Waals surface area contributed by atoms with Gasteiger partial charge in [0.2, 0.25) is 0 Å². The van der Waals surface area contributed by atoms with Crippen LogP contribution in [0, 0.1) is 0 Å². The molecule has 0 aromatic carbocycles. The lowest BCUT2D eigenvalue weighted by molar-refractivity contribution is 0.194. The largest absolute Gasteiger partial charge is 0.385 e. The number of rotatable bonds is 8. The van der Waals surface area contributed by atoms with Crippen LogP contribution in [0.1, 0.15) is 38.6 Å². The van der Waals surface area contributed by atoms with Crippen LogP contribution in [0.25, 0.3) is 0 Å². The highest BCUT2D eigenvalue weighted by Crippen LogP contribution is 2.22. The van der Waals surface area contributed by atoms with Gasteiger partial charge in [-0.1, -0.05) is 11.8 Å². The molecule has 0 atom stereocenters. The van der Waals surface area contributed by atoms with Gasteiger partial charge in [-0.25, -0.2) is 0 Å². The lowest BCUT2D eigenvalue weighted by Crippen LogP contribution is -2.11. The predicted octanol–water partition coefficient (Wildman–Crippen LogP) is 1.84. The van der Waals surface area contributed by atoms with Gasteiger partial charge in [0.05, 0.1) is 6.54 Å². The predicted molar refractivity (Wildman–Crippen MR) is 70.1 cm³/mol. The molecule has 98 valence electrons. The van der Waals surface area contributed by atoms with Gasteiger partial charge in [0.1, 0.15) is 5.82 Å². The summed E-state index contributed by atoms with van der Waals surface area (Å²) in [6.07, 6.45) is 2.21. The smallest absolute Gasteiger partial charge is 0.191 e. The van der Waals surface area contributed by atoms with E-state index in [4.69, 9.17) is 10.5 Å². The van der Waals surface area contributed by atoms with Crippen molar-refractivity contribution < 1.29 is 4.74 Å². The van der Waals surface area contributed by atoms with E-state index in [-0.39, 0.29) is 0 Å². The molecule has 0 radical (unpaired) electrons. The number of unbranched alkanes of at least 4 members (excludes halogenated alkanes) is 1. The number of hydrogen-bond acceptors (Lipinski definition) is 5. The van der Waals surface area contributed by atoms with E-state index in [9.17, 15) is 0 Å². The number of nitrogens with two attached hydrogens (primary N) is 1. The molecular formula is C11H22N4OS. The van der Waals surface area contributed by atoms with E-state index >= 15 is 0 Å². The van der Waals surface area contributed by atoms with E-state index in [2.05, 4.69) is 28.6 Å². The second kappa shape index (κ2) is 7.68. The van der Waals surface area contributed by atoms with Gasteiger partial charge in [0.15, 0.2) is 5.16 Å². The molecule has 0 aliphatic carbocycles. The van der Waals surface area contributed by atoms with Gasteiger partial charge in [-0.3, -0.25) is 0 Å². The average Bonchev–Trinajstić information content (AvgIpc) is 2.72. The minimum absolute atomic E-state index is 0.352. The summed E-state index contributed by atoms with van der Waals surface area (Å²) >= 11 is 1.74. The fourth-order valence-electron chi connectivity index (χ4n) is 1.58. The maximum Gasteiger partial charge on any atom is 0.191 e. The van der Waals surface area contributed by atoms with E-state index in [1.165, 1.54) is 0 Å². The lowest BCUT2D eigenvalue weighted by Gasteiger charge is -2.12. The third-order valence-electron chi connectivity index (χ3n) is 2.41. The first-order valence-corrected chi connectivity index (χ1v) is 6.94. The molecule has 6 heteroatoms. The monoisotopic (exact) mass is 258 g/mol. The van der Waals surface area contributed by atoms with E-state index in [0.29, 0.717) is 12.6 Å². The molecule has 0 unspecified atom stereocenters. The minimum atomic E-state index is 0.352. The highest BCUT2D eigenvalue weighted by atomic mass is 32.2. The molecule has 0 saturated carbocycles. The first-order chi connectivity index (χ1) is 8.20. The molecule has 2 N–H and O–H groups in total. The third kappa shape index (κ3) is 4.29. The lowest BCUT2D eigenvalue weighted by atomic mass is 10.4. The number of ether oxygens (including phenoxy) is 1. The Morgan fingerprint density at radius 3 is 2.71 bits per heavy atom. The van der Waals surface area contributed by atoms with Crippen LogP contribution < -0.4 is 5.73 Å². The molecule has 0 saturated heterocycles. The van der Waals surface area contributed by atoms with E-state index in [1.54, 1.807) is 18.9 Å². The Kier molecular flexibility index (Phi) is 6.54. The van der Waals surface area contributed by atoms with Gasteiger partial charge >= 0.3 is 0 Å². The van der Waals surface area contributed by atoms with Crippen LogP contribution >= 0.6 is 11.8 Å². The molecule has 0 fully saturated rings. The zero-order valence-corrected chi connectivity index (χ0v) is 11.7. The van der Waals surface area contributed by atoms with Crippen molar-refractivity contribution >= 4 is 11.8 Å². The number of hydrogen-bond donors (Lipinski definition) is 1. The van der Waals surface area contributed by atoms with Crippen LogP contribution in [-0.4, -0.2) is 34.2 Å². The molecule has 1 heterocycles. The van der Waals surface area contributed by atoms with Crippen molar-refractivity contribution in [1.29, 1.82) is 0 Å². The second-order valence-corrected chi connectivity index (χ2v) is 5.18. The Bertz CT molecular complexity index is 327. The summed E-state index contributed by atoms with van der Waals surface area (Å²) < 4.78 is 7.13. The molecule has 0 amide bonds. The van der Waals surface area contributed by atoms with E-state index in [0.717, 1.165) is 36.2 Å².